The number of anilines is 5. The fourth-order valence-electron chi connectivity index (χ4n) is 9.07. The molecule has 0 N–H and O–H groups in total. The highest BCUT2D eigenvalue weighted by atomic mass is 15.2. The van der Waals surface area contributed by atoms with Crippen molar-refractivity contribution in [1.82, 2.24) is 0 Å². The van der Waals surface area contributed by atoms with Gasteiger partial charge in [0.1, 0.15) is 0 Å². The number of benzene rings is 6. The molecule has 52 heavy (non-hydrogen) atoms. The zero-order valence-electron chi connectivity index (χ0n) is 29.6. The second-order valence-electron chi connectivity index (χ2n) is 14.7. The van der Waals surface area contributed by atoms with Gasteiger partial charge >= 0.3 is 0 Å². The Morgan fingerprint density at radius 3 is 2.00 bits per heavy atom. The highest BCUT2D eigenvalue weighted by Crippen LogP contribution is 2.49. The monoisotopic (exact) mass is 670 g/mol. The number of fused-ring (bicyclic) bond motifs is 5. The van der Waals surface area contributed by atoms with Gasteiger partial charge in [0.2, 0.25) is 0 Å². The molecular weight excluding hydrogens is 629 g/mol. The molecule has 0 saturated heterocycles. The number of allylic oxidation sites excluding steroid dienone is 6. The second kappa shape index (κ2) is 13.0. The molecule has 0 amide bonds. The van der Waals surface area contributed by atoms with Crippen molar-refractivity contribution in [2.75, 3.05) is 9.80 Å². The van der Waals surface area contributed by atoms with Gasteiger partial charge in [-0.2, -0.15) is 0 Å². The molecule has 0 saturated carbocycles. The Kier molecular flexibility index (Phi) is 7.75. The summed E-state index contributed by atoms with van der Waals surface area (Å²) in [5.74, 6) is 0. The summed E-state index contributed by atoms with van der Waals surface area (Å²) in [6.45, 7) is 0. The minimum Gasteiger partial charge on any atom is -0.312 e. The molecule has 2 nitrogen and oxygen atoms in total. The van der Waals surface area contributed by atoms with Crippen LogP contribution in [-0.4, -0.2) is 0 Å². The van der Waals surface area contributed by atoms with Crippen LogP contribution in [-0.2, 0) is 12.8 Å². The summed E-state index contributed by atoms with van der Waals surface area (Å²) in [7, 11) is 0. The lowest BCUT2D eigenvalue weighted by Gasteiger charge is -2.35. The summed E-state index contributed by atoms with van der Waals surface area (Å²) in [4.78, 5) is 5.00. The van der Waals surface area contributed by atoms with E-state index in [4.69, 9.17) is 0 Å². The zero-order chi connectivity index (χ0) is 34.4. The van der Waals surface area contributed by atoms with E-state index in [-0.39, 0.29) is 0 Å². The fourth-order valence-corrected chi connectivity index (χ4v) is 9.07. The normalized spacial score (nSPS) is 15.4. The third-order valence-corrected chi connectivity index (χ3v) is 11.6. The molecular formula is C50H42N2. The van der Waals surface area contributed by atoms with Crippen molar-refractivity contribution in [1.29, 1.82) is 0 Å². The van der Waals surface area contributed by atoms with Gasteiger partial charge in [-0.25, -0.2) is 0 Å². The van der Waals surface area contributed by atoms with Gasteiger partial charge in [-0.15, -0.1) is 0 Å². The van der Waals surface area contributed by atoms with Crippen LogP contribution in [0.5, 0.6) is 0 Å². The molecule has 4 aliphatic carbocycles. The highest BCUT2D eigenvalue weighted by molar-refractivity contribution is 5.93. The molecule has 6 aromatic carbocycles. The van der Waals surface area contributed by atoms with Crippen molar-refractivity contribution in [3.63, 3.8) is 0 Å². The van der Waals surface area contributed by atoms with Gasteiger partial charge in [0.15, 0.2) is 0 Å². The van der Waals surface area contributed by atoms with Crippen molar-refractivity contribution < 1.29 is 0 Å². The van der Waals surface area contributed by atoms with E-state index >= 15 is 0 Å². The summed E-state index contributed by atoms with van der Waals surface area (Å²) in [5, 5.41) is 0. The van der Waals surface area contributed by atoms with Crippen LogP contribution in [0.4, 0.5) is 28.4 Å². The van der Waals surface area contributed by atoms with Crippen molar-refractivity contribution in [3.05, 3.63) is 191 Å². The second-order valence-corrected chi connectivity index (χ2v) is 14.7. The molecule has 6 aromatic rings. The largest absolute Gasteiger partial charge is 0.312 e. The van der Waals surface area contributed by atoms with Gasteiger partial charge in [-0.05, 0) is 162 Å². The Morgan fingerprint density at radius 1 is 0.442 bits per heavy atom. The molecule has 0 radical (unpaired) electrons. The Balaban J connectivity index is 1.19. The number of hydrogen-bond donors (Lipinski definition) is 0. The average Bonchev–Trinajstić information content (AvgIpc) is 3.77. The molecule has 0 fully saturated rings. The van der Waals surface area contributed by atoms with E-state index in [0.717, 1.165) is 31.4 Å². The van der Waals surface area contributed by atoms with E-state index in [1.807, 2.05) is 0 Å². The Morgan fingerprint density at radius 2 is 1.17 bits per heavy atom. The van der Waals surface area contributed by atoms with Crippen LogP contribution in [0, 0.1) is 0 Å². The summed E-state index contributed by atoms with van der Waals surface area (Å²) in [6, 6.07) is 52.3. The summed E-state index contributed by atoms with van der Waals surface area (Å²) in [6.07, 6.45) is 16.0. The van der Waals surface area contributed by atoms with Gasteiger partial charge in [0.25, 0.3) is 0 Å². The highest BCUT2D eigenvalue weighted by Gasteiger charge is 2.28. The molecule has 0 aromatic heterocycles. The first kappa shape index (κ1) is 30.9. The van der Waals surface area contributed by atoms with Gasteiger partial charge in [0.05, 0.1) is 11.4 Å². The first-order valence-electron chi connectivity index (χ1n) is 19.0. The van der Waals surface area contributed by atoms with Crippen molar-refractivity contribution in [3.8, 4) is 22.3 Å². The molecule has 0 bridgehead atoms. The van der Waals surface area contributed by atoms with Gasteiger partial charge in [-0.3, -0.25) is 0 Å². The van der Waals surface area contributed by atoms with E-state index in [1.54, 1.807) is 11.1 Å². The first-order valence-corrected chi connectivity index (χ1v) is 19.0. The van der Waals surface area contributed by atoms with Crippen LogP contribution < -0.4 is 9.80 Å². The van der Waals surface area contributed by atoms with Gasteiger partial charge in [0, 0.05) is 22.8 Å². The quantitative estimate of drug-likeness (QED) is 0.167. The molecule has 0 spiro atoms. The number of rotatable bonds is 7. The van der Waals surface area contributed by atoms with Crippen molar-refractivity contribution >= 4 is 34.0 Å². The van der Waals surface area contributed by atoms with Gasteiger partial charge < -0.3 is 9.80 Å². The first-order chi connectivity index (χ1) is 25.8. The average molecular weight is 671 g/mol. The van der Waals surface area contributed by atoms with E-state index in [0.29, 0.717) is 0 Å². The van der Waals surface area contributed by atoms with Crippen LogP contribution >= 0.6 is 0 Å². The van der Waals surface area contributed by atoms with Crippen LogP contribution in [0.2, 0.25) is 0 Å². The SMILES string of the molecule is C1=CCCC(N(c2ccccc2)c2ccc(-c3ccc4c(c3)-c3ccccc3C4)cc2N(c2ccccc2)c2ccc3c(c2)CC2=C3CCCC2)=C1. The van der Waals surface area contributed by atoms with Crippen LogP contribution in [0.25, 0.3) is 27.8 Å². The maximum atomic E-state index is 2.51. The van der Waals surface area contributed by atoms with E-state index in [1.165, 1.54) is 98.6 Å². The van der Waals surface area contributed by atoms with Crippen molar-refractivity contribution in [2.24, 2.45) is 0 Å². The predicted octanol–water partition coefficient (Wildman–Crippen LogP) is 13.7. The number of nitrogens with zero attached hydrogens (tertiary/aromatic N) is 2. The zero-order valence-corrected chi connectivity index (χ0v) is 29.6. The van der Waals surface area contributed by atoms with E-state index < -0.39 is 0 Å². The summed E-state index contributed by atoms with van der Waals surface area (Å²) < 4.78 is 0. The van der Waals surface area contributed by atoms with E-state index in [9.17, 15) is 0 Å². The Bertz CT molecular complexity index is 2410. The Hall–Kier alpha value is -5.86. The number of para-hydroxylation sites is 2. The molecule has 4 aliphatic rings. The summed E-state index contributed by atoms with van der Waals surface area (Å²) >= 11 is 0. The molecule has 10 rings (SSSR count). The maximum absolute atomic E-state index is 2.51. The fraction of sp³-hybridized carbons (Fsp3) is 0.160. The molecule has 252 valence electrons. The smallest absolute Gasteiger partial charge is 0.0708 e. The Labute approximate surface area is 307 Å². The minimum absolute atomic E-state index is 0.984. The molecule has 2 heteroatoms. The maximum Gasteiger partial charge on any atom is 0.0708 e. The molecule has 0 atom stereocenters. The van der Waals surface area contributed by atoms with Crippen LogP contribution in [0.1, 0.15) is 60.8 Å². The summed E-state index contributed by atoms with van der Waals surface area (Å²) in [5.41, 5.74) is 21.4. The topological polar surface area (TPSA) is 6.48 Å². The molecule has 0 heterocycles. The lowest BCUT2D eigenvalue weighted by Crippen LogP contribution is -2.21. The van der Waals surface area contributed by atoms with Crippen LogP contribution in [0.3, 0.4) is 0 Å². The lowest BCUT2D eigenvalue weighted by molar-refractivity contribution is 0.711. The third kappa shape index (κ3) is 5.42. The van der Waals surface area contributed by atoms with E-state index in [2.05, 4.69) is 168 Å². The predicted molar refractivity (Wildman–Crippen MR) is 219 cm³/mol. The molecule has 0 unspecified atom stereocenters. The third-order valence-electron chi connectivity index (χ3n) is 11.6. The molecule has 0 aliphatic heterocycles. The number of hydrogen-bond acceptors (Lipinski definition) is 2. The van der Waals surface area contributed by atoms with Crippen molar-refractivity contribution in [2.45, 2.75) is 51.4 Å². The minimum atomic E-state index is 0.984. The van der Waals surface area contributed by atoms with Crippen LogP contribution in [0.15, 0.2) is 169 Å². The van der Waals surface area contributed by atoms with Gasteiger partial charge in [-0.1, -0.05) is 103 Å². The standard InChI is InChI=1S/C50H42N2/c1-4-16-41(17-5-1)51(42-18-6-2-7-19-42)49-29-26-36(35-24-25-39-30-37-14-11-13-23-46(37)48(39)33-35)34-50(49)52(43-20-8-3-9-21-43)44-27-28-47-40(32-44)31-38-15-10-12-22-45(38)47/h1-6,8-9,11,13-14,16-18,20-21,23-29,32-34H,7,10,12,15,19,22,30-31H2. The lowest BCUT2D eigenvalue weighted by atomic mass is 9.92.